The second-order valence-electron chi connectivity index (χ2n) is 4.93. The van der Waals surface area contributed by atoms with Gasteiger partial charge in [0.25, 0.3) is 0 Å². The van der Waals surface area contributed by atoms with Gasteiger partial charge in [-0.2, -0.15) is 0 Å². The summed E-state index contributed by atoms with van der Waals surface area (Å²) in [5.74, 6) is -0.285. The van der Waals surface area contributed by atoms with E-state index in [4.69, 9.17) is 23.2 Å². The zero-order valence-corrected chi connectivity index (χ0v) is 14.5. The van der Waals surface area contributed by atoms with E-state index in [0.717, 1.165) is 5.56 Å². The van der Waals surface area contributed by atoms with E-state index < -0.39 is 0 Å². The second-order valence-corrected chi connectivity index (χ2v) is 5.78. The Balaban J connectivity index is 2.61. The van der Waals surface area contributed by atoms with Crippen LogP contribution in [0.3, 0.4) is 0 Å². The molecule has 1 aromatic rings. The Hall–Kier alpha value is -1.30. The molecule has 0 aromatic heterocycles. The minimum absolute atomic E-state index is 0.122. The number of carbonyl (C=O) groups is 2. The second kappa shape index (κ2) is 8.98. The number of likely N-dealkylation sites (N-methyl/N-ethyl adjacent to an activating group) is 2. The first kappa shape index (κ1) is 18.7. The first-order valence-corrected chi connectivity index (χ1v) is 7.80. The fourth-order valence-corrected chi connectivity index (χ4v) is 2.55. The fraction of sp³-hybridized carbons (Fsp3) is 0.467. The van der Waals surface area contributed by atoms with Gasteiger partial charge in [-0.15, -0.1) is 0 Å². The highest BCUT2D eigenvalue weighted by atomic mass is 35.5. The summed E-state index contributed by atoms with van der Waals surface area (Å²) >= 11 is 12.0. The molecule has 7 heteroatoms. The van der Waals surface area contributed by atoms with Crippen LogP contribution in [-0.4, -0.2) is 43.4 Å². The van der Waals surface area contributed by atoms with Crippen molar-refractivity contribution in [1.29, 1.82) is 0 Å². The molecule has 1 atom stereocenters. The van der Waals surface area contributed by atoms with Gasteiger partial charge in [-0.25, -0.2) is 0 Å². The maximum absolute atomic E-state index is 12.1. The quantitative estimate of drug-likeness (QED) is 0.796. The SMILES string of the molecule is CCN(CC(=O)NC)CC(=O)N[C@H](C)c1ccc(Cl)cc1Cl. The summed E-state index contributed by atoms with van der Waals surface area (Å²) in [5, 5.41) is 6.48. The zero-order chi connectivity index (χ0) is 16.7. The van der Waals surface area contributed by atoms with Gasteiger partial charge < -0.3 is 10.6 Å². The molecule has 0 radical (unpaired) electrons. The van der Waals surface area contributed by atoms with E-state index in [0.29, 0.717) is 16.6 Å². The molecule has 0 saturated heterocycles. The number of hydrogen-bond acceptors (Lipinski definition) is 3. The van der Waals surface area contributed by atoms with Gasteiger partial charge in [0.05, 0.1) is 19.1 Å². The van der Waals surface area contributed by atoms with Gasteiger partial charge in [0.2, 0.25) is 11.8 Å². The van der Waals surface area contributed by atoms with Crippen LogP contribution in [0.1, 0.15) is 25.5 Å². The van der Waals surface area contributed by atoms with E-state index in [-0.39, 0.29) is 30.9 Å². The minimum atomic E-state index is -0.240. The Morgan fingerprint density at radius 2 is 1.86 bits per heavy atom. The summed E-state index contributed by atoms with van der Waals surface area (Å²) in [5.41, 5.74) is 0.800. The van der Waals surface area contributed by atoms with Gasteiger partial charge in [-0.3, -0.25) is 14.5 Å². The summed E-state index contributed by atoms with van der Waals surface area (Å²) in [6.07, 6.45) is 0. The van der Waals surface area contributed by atoms with Gasteiger partial charge in [0.1, 0.15) is 0 Å². The standard InChI is InChI=1S/C15H21Cl2N3O2/c1-4-20(8-14(21)18-3)9-15(22)19-10(2)12-6-5-11(16)7-13(12)17/h5-7,10H,4,8-9H2,1-3H3,(H,18,21)(H,19,22)/t10-/m1/s1. The molecule has 1 rings (SSSR count). The highest BCUT2D eigenvalue weighted by Crippen LogP contribution is 2.25. The van der Waals surface area contributed by atoms with Crippen LogP contribution in [0.5, 0.6) is 0 Å². The van der Waals surface area contributed by atoms with Crippen molar-refractivity contribution in [2.24, 2.45) is 0 Å². The van der Waals surface area contributed by atoms with Crippen LogP contribution < -0.4 is 10.6 Å². The predicted octanol–water partition coefficient (Wildman–Crippen LogP) is 2.24. The van der Waals surface area contributed by atoms with Crippen molar-refractivity contribution in [3.05, 3.63) is 33.8 Å². The summed E-state index contributed by atoms with van der Waals surface area (Å²) in [4.78, 5) is 25.2. The van der Waals surface area contributed by atoms with Crippen LogP contribution in [0.15, 0.2) is 18.2 Å². The number of nitrogens with zero attached hydrogens (tertiary/aromatic N) is 1. The van der Waals surface area contributed by atoms with Crippen LogP contribution >= 0.6 is 23.2 Å². The fourth-order valence-electron chi connectivity index (χ4n) is 1.98. The highest BCUT2D eigenvalue weighted by molar-refractivity contribution is 6.35. The predicted molar refractivity (Wildman–Crippen MR) is 89.2 cm³/mol. The van der Waals surface area contributed by atoms with Gasteiger partial charge in [-0.05, 0) is 31.2 Å². The van der Waals surface area contributed by atoms with E-state index in [1.165, 1.54) is 0 Å². The third-order valence-electron chi connectivity index (χ3n) is 3.27. The number of carbonyl (C=O) groups excluding carboxylic acids is 2. The highest BCUT2D eigenvalue weighted by Gasteiger charge is 2.16. The molecular formula is C15H21Cl2N3O2. The molecule has 2 amide bonds. The van der Waals surface area contributed by atoms with E-state index in [1.807, 2.05) is 13.8 Å². The van der Waals surface area contributed by atoms with E-state index in [2.05, 4.69) is 10.6 Å². The molecule has 0 spiro atoms. The lowest BCUT2D eigenvalue weighted by atomic mass is 10.1. The summed E-state index contributed by atoms with van der Waals surface area (Å²) < 4.78 is 0. The Bertz CT molecular complexity index is 538. The molecule has 0 saturated carbocycles. The Morgan fingerprint density at radius 1 is 1.23 bits per heavy atom. The monoisotopic (exact) mass is 345 g/mol. The molecule has 5 nitrogen and oxygen atoms in total. The number of nitrogens with one attached hydrogen (secondary N) is 2. The molecule has 1 aromatic carbocycles. The van der Waals surface area contributed by atoms with Gasteiger partial charge in [-0.1, -0.05) is 36.2 Å². The van der Waals surface area contributed by atoms with Crippen LogP contribution in [0.4, 0.5) is 0 Å². The molecule has 122 valence electrons. The molecule has 0 unspecified atom stereocenters. The molecule has 0 aliphatic rings. The topological polar surface area (TPSA) is 61.4 Å². The lowest BCUT2D eigenvalue weighted by Gasteiger charge is -2.21. The molecular weight excluding hydrogens is 325 g/mol. The van der Waals surface area contributed by atoms with Crippen molar-refractivity contribution in [1.82, 2.24) is 15.5 Å². The smallest absolute Gasteiger partial charge is 0.234 e. The Labute approximate surface area is 141 Å². The van der Waals surface area contributed by atoms with Crippen molar-refractivity contribution in [3.63, 3.8) is 0 Å². The molecule has 22 heavy (non-hydrogen) atoms. The van der Waals surface area contributed by atoms with Crippen LogP contribution in [0.25, 0.3) is 0 Å². The lowest BCUT2D eigenvalue weighted by molar-refractivity contribution is -0.125. The van der Waals surface area contributed by atoms with Crippen LogP contribution in [-0.2, 0) is 9.59 Å². The third kappa shape index (κ3) is 5.83. The van der Waals surface area contributed by atoms with Gasteiger partial charge >= 0.3 is 0 Å². The average molecular weight is 346 g/mol. The van der Waals surface area contributed by atoms with Crippen LogP contribution in [0, 0.1) is 0 Å². The maximum Gasteiger partial charge on any atom is 0.234 e. The first-order valence-electron chi connectivity index (χ1n) is 7.04. The average Bonchev–Trinajstić information content (AvgIpc) is 2.45. The number of hydrogen-bond donors (Lipinski definition) is 2. The largest absolute Gasteiger partial charge is 0.358 e. The number of benzene rings is 1. The number of halogens is 2. The molecule has 0 fully saturated rings. The van der Waals surface area contributed by atoms with E-state index in [9.17, 15) is 9.59 Å². The van der Waals surface area contributed by atoms with Crippen molar-refractivity contribution in [2.45, 2.75) is 19.9 Å². The van der Waals surface area contributed by atoms with Gasteiger partial charge in [0.15, 0.2) is 0 Å². The minimum Gasteiger partial charge on any atom is -0.358 e. The molecule has 0 aliphatic carbocycles. The maximum atomic E-state index is 12.1. The Kier molecular flexibility index (Phi) is 7.65. The zero-order valence-electron chi connectivity index (χ0n) is 13.0. The third-order valence-corrected chi connectivity index (χ3v) is 3.83. The van der Waals surface area contributed by atoms with Crippen LogP contribution in [0.2, 0.25) is 10.0 Å². The normalized spacial score (nSPS) is 12.1. The summed E-state index contributed by atoms with van der Waals surface area (Å²) in [6.45, 7) is 4.70. The Morgan fingerprint density at radius 3 is 2.41 bits per heavy atom. The van der Waals surface area contributed by atoms with Crippen molar-refractivity contribution >= 4 is 35.0 Å². The lowest BCUT2D eigenvalue weighted by Crippen LogP contribution is -2.42. The van der Waals surface area contributed by atoms with Crippen molar-refractivity contribution < 1.29 is 9.59 Å². The molecule has 2 N–H and O–H groups in total. The molecule has 0 bridgehead atoms. The molecule has 0 heterocycles. The summed E-state index contributed by atoms with van der Waals surface area (Å²) in [6, 6.07) is 4.92. The number of amides is 2. The van der Waals surface area contributed by atoms with E-state index >= 15 is 0 Å². The van der Waals surface area contributed by atoms with Gasteiger partial charge in [0, 0.05) is 17.1 Å². The molecule has 0 aliphatic heterocycles. The summed E-state index contributed by atoms with van der Waals surface area (Å²) in [7, 11) is 1.57. The van der Waals surface area contributed by atoms with E-state index in [1.54, 1.807) is 30.1 Å². The van der Waals surface area contributed by atoms with Crippen molar-refractivity contribution in [3.8, 4) is 0 Å². The van der Waals surface area contributed by atoms with Crippen molar-refractivity contribution in [2.75, 3.05) is 26.7 Å². The first-order chi connectivity index (χ1) is 10.4. The number of rotatable bonds is 7.